The monoisotopic (exact) mass is 339 g/mol. The highest BCUT2D eigenvalue weighted by Gasteiger charge is 2.19. The minimum atomic E-state index is -0.742. The Morgan fingerprint density at radius 1 is 1.04 bits per heavy atom. The van der Waals surface area contributed by atoms with Gasteiger partial charge >= 0.3 is 5.97 Å². The molecule has 0 saturated carbocycles. The number of ether oxygens (including phenoxy) is 1. The molecule has 0 aliphatic carbocycles. The van der Waals surface area contributed by atoms with Crippen LogP contribution >= 0.6 is 0 Å². The maximum atomic E-state index is 13.0. The van der Waals surface area contributed by atoms with Gasteiger partial charge in [-0.2, -0.15) is 0 Å². The van der Waals surface area contributed by atoms with Crippen LogP contribution in [0.1, 0.15) is 32.1 Å². The molecule has 25 heavy (non-hydrogen) atoms. The number of ketones is 1. The van der Waals surface area contributed by atoms with Crippen LogP contribution < -0.4 is 0 Å². The summed E-state index contributed by atoms with van der Waals surface area (Å²) in [6, 6.07) is 9.92. The van der Waals surface area contributed by atoms with Crippen molar-refractivity contribution in [3.05, 3.63) is 70.8 Å². The Kier molecular flexibility index (Phi) is 4.19. The van der Waals surface area contributed by atoms with E-state index < -0.39 is 11.8 Å². The van der Waals surface area contributed by atoms with Crippen LogP contribution in [0.15, 0.2) is 42.5 Å². The van der Waals surface area contributed by atoms with Gasteiger partial charge in [0.1, 0.15) is 5.82 Å². The van der Waals surface area contributed by atoms with Crippen molar-refractivity contribution in [1.82, 2.24) is 4.98 Å². The van der Waals surface area contributed by atoms with E-state index in [0.29, 0.717) is 27.6 Å². The number of hydrogen-bond acceptors (Lipinski definition) is 5. The van der Waals surface area contributed by atoms with E-state index >= 15 is 0 Å². The molecule has 2 aromatic carbocycles. The largest absolute Gasteiger partial charge is 0.505 e. The van der Waals surface area contributed by atoms with Crippen molar-refractivity contribution in [2.75, 3.05) is 7.11 Å². The molecule has 126 valence electrons. The van der Waals surface area contributed by atoms with Crippen LogP contribution in [0.4, 0.5) is 4.39 Å². The molecule has 0 fully saturated rings. The fraction of sp³-hybridized carbons (Fsp3) is 0.105. The molecule has 0 aliphatic rings. The first-order chi connectivity index (χ1) is 11.9. The summed E-state index contributed by atoms with van der Waals surface area (Å²) in [5.74, 6) is -1.74. The van der Waals surface area contributed by atoms with Gasteiger partial charge in [-0.05, 0) is 43.3 Å². The molecule has 0 spiro atoms. The molecule has 0 aliphatic heterocycles. The summed E-state index contributed by atoms with van der Waals surface area (Å²) >= 11 is 0. The molecule has 0 radical (unpaired) electrons. The van der Waals surface area contributed by atoms with Crippen LogP contribution in [0.5, 0.6) is 5.75 Å². The van der Waals surface area contributed by atoms with E-state index in [0.717, 1.165) is 0 Å². The van der Waals surface area contributed by atoms with E-state index in [1.54, 1.807) is 19.1 Å². The Morgan fingerprint density at radius 2 is 1.68 bits per heavy atom. The highest BCUT2D eigenvalue weighted by molar-refractivity contribution is 6.11. The normalized spacial score (nSPS) is 10.7. The molecule has 3 rings (SSSR count). The summed E-state index contributed by atoms with van der Waals surface area (Å²) in [5, 5.41) is 11.2. The van der Waals surface area contributed by atoms with Gasteiger partial charge in [-0.15, -0.1) is 0 Å². The molecule has 1 heterocycles. The fourth-order valence-corrected chi connectivity index (χ4v) is 2.61. The van der Waals surface area contributed by atoms with E-state index in [2.05, 4.69) is 9.72 Å². The fourth-order valence-electron chi connectivity index (χ4n) is 2.61. The van der Waals surface area contributed by atoms with Gasteiger partial charge in [-0.3, -0.25) is 4.79 Å². The lowest BCUT2D eigenvalue weighted by molar-refractivity contribution is 0.0590. The number of aromatic nitrogens is 1. The second-order valence-electron chi connectivity index (χ2n) is 5.48. The molecule has 0 bridgehead atoms. The Labute approximate surface area is 142 Å². The lowest BCUT2D eigenvalue weighted by atomic mass is 9.98. The van der Waals surface area contributed by atoms with Gasteiger partial charge in [0.2, 0.25) is 0 Å². The average Bonchev–Trinajstić information content (AvgIpc) is 2.63. The highest BCUT2D eigenvalue weighted by Crippen LogP contribution is 2.31. The van der Waals surface area contributed by atoms with Crippen molar-refractivity contribution in [2.24, 2.45) is 0 Å². The van der Waals surface area contributed by atoms with Gasteiger partial charge in [-0.1, -0.05) is 6.07 Å². The molecule has 0 amide bonds. The maximum absolute atomic E-state index is 13.0. The summed E-state index contributed by atoms with van der Waals surface area (Å²) in [6.45, 7) is 1.67. The van der Waals surface area contributed by atoms with E-state index in [4.69, 9.17) is 0 Å². The topological polar surface area (TPSA) is 76.5 Å². The van der Waals surface area contributed by atoms with E-state index in [1.807, 2.05) is 0 Å². The predicted octanol–water partition coefficient (Wildman–Crippen LogP) is 3.41. The molecule has 1 N–H and O–H groups in total. The summed E-state index contributed by atoms with van der Waals surface area (Å²) < 4.78 is 17.6. The number of fused-ring (bicyclic) bond motifs is 1. The van der Waals surface area contributed by atoms with Crippen molar-refractivity contribution >= 4 is 22.5 Å². The molecule has 0 unspecified atom stereocenters. The maximum Gasteiger partial charge on any atom is 0.360 e. The van der Waals surface area contributed by atoms with Crippen LogP contribution in [-0.4, -0.2) is 29.0 Å². The third kappa shape index (κ3) is 2.94. The number of carbonyl (C=O) groups is 2. The number of methoxy groups -OCH3 is 1. The lowest BCUT2D eigenvalue weighted by Gasteiger charge is -2.10. The quantitative estimate of drug-likeness (QED) is 0.584. The van der Waals surface area contributed by atoms with Gasteiger partial charge in [0, 0.05) is 27.6 Å². The number of aromatic hydroxyl groups is 1. The Morgan fingerprint density at radius 3 is 2.32 bits per heavy atom. The first-order valence-corrected chi connectivity index (χ1v) is 7.44. The number of pyridine rings is 1. The standard InChI is InChI=1S/C19H14FNO4/c1-10-15-9-12(17(22)11-3-6-13(20)7-4-11)5-8-14(15)18(23)16(21-10)19(24)25-2/h3-9,23H,1-2H3. The van der Waals surface area contributed by atoms with Gasteiger partial charge in [0.25, 0.3) is 0 Å². The summed E-state index contributed by atoms with van der Waals surface area (Å²) in [7, 11) is 1.20. The van der Waals surface area contributed by atoms with Crippen molar-refractivity contribution in [3.63, 3.8) is 0 Å². The van der Waals surface area contributed by atoms with Crippen molar-refractivity contribution in [3.8, 4) is 5.75 Å². The first-order valence-electron chi connectivity index (χ1n) is 7.44. The van der Waals surface area contributed by atoms with E-state index in [9.17, 15) is 19.1 Å². The lowest BCUT2D eigenvalue weighted by Crippen LogP contribution is -2.07. The van der Waals surface area contributed by atoms with Crippen LogP contribution in [0, 0.1) is 12.7 Å². The van der Waals surface area contributed by atoms with Gasteiger partial charge in [0.15, 0.2) is 17.2 Å². The Bertz CT molecular complexity index is 996. The van der Waals surface area contributed by atoms with Crippen LogP contribution in [0.3, 0.4) is 0 Å². The zero-order valence-electron chi connectivity index (χ0n) is 13.5. The number of aryl methyl sites for hydroxylation is 1. The molecule has 1 aromatic heterocycles. The molecule has 6 heteroatoms. The van der Waals surface area contributed by atoms with Crippen molar-refractivity contribution < 1.29 is 23.8 Å². The van der Waals surface area contributed by atoms with E-state index in [-0.39, 0.29) is 17.2 Å². The van der Waals surface area contributed by atoms with Gasteiger partial charge in [-0.25, -0.2) is 14.2 Å². The van der Waals surface area contributed by atoms with Crippen LogP contribution in [0.25, 0.3) is 10.8 Å². The third-order valence-electron chi connectivity index (χ3n) is 3.92. The molecular formula is C19H14FNO4. The Hall–Kier alpha value is -3.28. The number of nitrogens with zero attached hydrogens (tertiary/aromatic N) is 1. The van der Waals surface area contributed by atoms with Gasteiger partial charge < -0.3 is 9.84 Å². The summed E-state index contributed by atoms with van der Waals surface area (Å²) in [4.78, 5) is 28.3. The molecule has 3 aromatic rings. The number of benzene rings is 2. The van der Waals surface area contributed by atoms with Crippen LogP contribution in [0.2, 0.25) is 0 Å². The smallest absolute Gasteiger partial charge is 0.360 e. The molecule has 0 saturated heterocycles. The number of rotatable bonds is 3. The minimum Gasteiger partial charge on any atom is -0.505 e. The van der Waals surface area contributed by atoms with Gasteiger partial charge in [0.05, 0.1) is 7.11 Å². The molecular weight excluding hydrogens is 325 g/mol. The van der Waals surface area contributed by atoms with Crippen LogP contribution in [-0.2, 0) is 4.74 Å². The number of halogens is 1. The zero-order chi connectivity index (χ0) is 18.1. The SMILES string of the molecule is COC(=O)c1nc(C)c2cc(C(=O)c3ccc(F)cc3)ccc2c1O. The zero-order valence-corrected chi connectivity index (χ0v) is 13.5. The summed E-state index contributed by atoms with van der Waals surface area (Å²) in [5.41, 5.74) is 1.02. The highest BCUT2D eigenvalue weighted by atomic mass is 19.1. The molecule has 5 nitrogen and oxygen atoms in total. The average molecular weight is 339 g/mol. The summed E-state index contributed by atoms with van der Waals surface area (Å²) in [6.07, 6.45) is 0. The predicted molar refractivity (Wildman–Crippen MR) is 89.3 cm³/mol. The molecule has 0 atom stereocenters. The first kappa shape index (κ1) is 16.6. The number of esters is 1. The Balaban J connectivity index is 2.11. The van der Waals surface area contributed by atoms with Crippen molar-refractivity contribution in [1.29, 1.82) is 0 Å². The van der Waals surface area contributed by atoms with E-state index in [1.165, 1.54) is 37.4 Å². The third-order valence-corrected chi connectivity index (χ3v) is 3.92. The second-order valence-corrected chi connectivity index (χ2v) is 5.48. The number of carbonyl (C=O) groups excluding carboxylic acids is 2. The number of hydrogen-bond donors (Lipinski definition) is 1. The second kappa shape index (κ2) is 6.32. The minimum absolute atomic E-state index is 0.176. The van der Waals surface area contributed by atoms with Crippen molar-refractivity contribution in [2.45, 2.75) is 6.92 Å².